The molecule has 0 radical (unpaired) electrons. The second-order valence-corrected chi connectivity index (χ2v) is 9.44. The van der Waals surface area contributed by atoms with Gasteiger partial charge >= 0.3 is 5.97 Å². The summed E-state index contributed by atoms with van der Waals surface area (Å²) in [5, 5.41) is 14.2. The maximum atomic E-state index is 13.2. The van der Waals surface area contributed by atoms with Crippen molar-refractivity contribution in [3.63, 3.8) is 0 Å². The number of Topliss-reactive ketones (excluding diaryl/α,β-unsaturated/α-hetero) is 2. The molecule has 0 amide bonds. The SMILES string of the molecule is O=C(C1CCc2ccccc2C1)C1SCN[C@@H]1C(=O)C1SCN[C@@H]1C(=O)O. The first kappa shape index (κ1) is 19.0. The molecule has 3 N–H and O–H groups in total. The number of benzene rings is 1. The maximum Gasteiger partial charge on any atom is 0.322 e. The summed E-state index contributed by atoms with van der Waals surface area (Å²) in [5.74, 6) is -0.158. The van der Waals surface area contributed by atoms with Crippen LogP contribution in [0.15, 0.2) is 24.3 Å². The molecule has 2 saturated heterocycles. The third-order valence-electron chi connectivity index (χ3n) is 5.62. The Bertz CT molecular complexity index is 772. The van der Waals surface area contributed by atoms with E-state index in [0.29, 0.717) is 11.8 Å². The molecule has 1 aromatic rings. The van der Waals surface area contributed by atoms with Crippen molar-refractivity contribution in [1.82, 2.24) is 10.6 Å². The van der Waals surface area contributed by atoms with E-state index >= 15 is 0 Å². The maximum absolute atomic E-state index is 13.2. The molecule has 2 heterocycles. The number of carboxylic acid groups (broad SMARTS) is 1. The predicted octanol–water partition coefficient (Wildman–Crippen LogP) is 1.08. The Balaban J connectivity index is 1.47. The minimum absolute atomic E-state index is 0.0720. The van der Waals surface area contributed by atoms with Gasteiger partial charge in [0.1, 0.15) is 6.04 Å². The number of fused-ring (bicyclic) bond motifs is 1. The Hall–Kier alpha value is -1.35. The summed E-state index contributed by atoms with van der Waals surface area (Å²) >= 11 is 2.78. The fourth-order valence-electron chi connectivity index (χ4n) is 4.17. The summed E-state index contributed by atoms with van der Waals surface area (Å²) < 4.78 is 0. The van der Waals surface area contributed by atoms with Crippen LogP contribution in [0.4, 0.5) is 0 Å². The van der Waals surface area contributed by atoms with Gasteiger partial charge in [0.2, 0.25) is 0 Å². The highest BCUT2D eigenvalue weighted by atomic mass is 32.2. The number of hydrogen-bond acceptors (Lipinski definition) is 7. The molecule has 4 rings (SSSR count). The summed E-state index contributed by atoms with van der Waals surface area (Å²) in [5.41, 5.74) is 2.53. The molecule has 27 heavy (non-hydrogen) atoms. The number of ketones is 2. The van der Waals surface area contributed by atoms with Crippen LogP contribution >= 0.6 is 23.5 Å². The monoisotopic (exact) mass is 406 g/mol. The van der Waals surface area contributed by atoms with Crippen molar-refractivity contribution >= 4 is 41.1 Å². The van der Waals surface area contributed by atoms with Gasteiger partial charge < -0.3 is 5.11 Å². The number of carbonyl (C=O) groups excluding carboxylic acids is 2. The summed E-state index contributed by atoms with van der Waals surface area (Å²) in [6, 6.07) is 6.74. The third-order valence-corrected chi connectivity index (χ3v) is 8.01. The zero-order chi connectivity index (χ0) is 19.0. The largest absolute Gasteiger partial charge is 0.480 e. The first-order valence-electron chi connectivity index (χ1n) is 9.13. The van der Waals surface area contributed by atoms with E-state index in [2.05, 4.69) is 22.8 Å². The van der Waals surface area contributed by atoms with Crippen molar-refractivity contribution in [2.45, 2.75) is 41.8 Å². The Morgan fingerprint density at radius 3 is 2.26 bits per heavy atom. The average Bonchev–Trinajstić information content (AvgIpc) is 3.36. The van der Waals surface area contributed by atoms with E-state index in [0.717, 1.165) is 19.3 Å². The zero-order valence-electron chi connectivity index (χ0n) is 14.7. The van der Waals surface area contributed by atoms with Crippen LogP contribution in [0.25, 0.3) is 0 Å². The molecule has 5 atom stereocenters. The van der Waals surface area contributed by atoms with Crippen molar-refractivity contribution in [2.24, 2.45) is 5.92 Å². The number of carbonyl (C=O) groups is 3. The first-order valence-corrected chi connectivity index (χ1v) is 11.2. The van der Waals surface area contributed by atoms with Crippen molar-refractivity contribution in [3.8, 4) is 0 Å². The standard InChI is InChI=1S/C19H22N2O4S2/c22-15(12-6-5-10-3-1-2-4-11(10)7-12)17-13(20-8-26-17)16(23)18-14(19(24)25)21-9-27-18/h1-4,12-14,17-18,20-21H,5-9H2,(H,24,25)/t12?,13-,14+,17?,18?/m1/s1. The van der Waals surface area contributed by atoms with Gasteiger partial charge in [-0.3, -0.25) is 25.0 Å². The molecule has 144 valence electrons. The molecular weight excluding hydrogens is 384 g/mol. The lowest BCUT2D eigenvalue weighted by Crippen LogP contribution is -2.52. The van der Waals surface area contributed by atoms with Gasteiger partial charge in [0.25, 0.3) is 0 Å². The minimum Gasteiger partial charge on any atom is -0.480 e. The predicted molar refractivity (Wildman–Crippen MR) is 106 cm³/mol. The summed E-state index contributed by atoms with van der Waals surface area (Å²) in [6.07, 6.45) is 2.43. The van der Waals surface area contributed by atoms with Gasteiger partial charge in [-0.05, 0) is 30.4 Å². The lowest BCUT2D eigenvalue weighted by atomic mass is 9.80. The van der Waals surface area contributed by atoms with Crippen LogP contribution in [-0.4, -0.2) is 57.0 Å². The average molecular weight is 407 g/mol. The van der Waals surface area contributed by atoms with Crippen molar-refractivity contribution in [3.05, 3.63) is 35.4 Å². The van der Waals surface area contributed by atoms with Crippen LogP contribution in [0.2, 0.25) is 0 Å². The molecule has 0 aromatic heterocycles. The lowest BCUT2D eigenvalue weighted by molar-refractivity contribution is -0.140. The minimum atomic E-state index is -1.02. The van der Waals surface area contributed by atoms with Crippen molar-refractivity contribution in [1.29, 1.82) is 0 Å². The number of hydrogen-bond donors (Lipinski definition) is 3. The Morgan fingerprint density at radius 1 is 0.926 bits per heavy atom. The molecule has 2 aliphatic heterocycles. The molecule has 0 saturated carbocycles. The topological polar surface area (TPSA) is 95.5 Å². The van der Waals surface area contributed by atoms with Gasteiger partial charge in [-0.1, -0.05) is 24.3 Å². The number of rotatable bonds is 5. The van der Waals surface area contributed by atoms with Crippen LogP contribution in [0.1, 0.15) is 17.5 Å². The van der Waals surface area contributed by atoms with Crippen LogP contribution in [0.3, 0.4) is 0 Å². The zero-order valence-corrected chi connectivity index (χ0v) is 16.4. The van der Waals surface area contributed by atoms with E-state index in [9.17, 15) is 19.5 Å². The Kier molecular flexibility index (Phi) is 5.59. The highest BCUT2D eigenvalue weighted by Crippen LogP contribution is 2.34. The molecule has 2 fully saturated rings. The smallest absolute Gasteiger partial charge is 0.322 e. The van der Waals surface area contributed by atoms with E-state index in [1.54, 1.807) is 0 Å². The van der Waals surface area contributed by atoms with E-state index in [4.69, 9.17) is 0 Å². The quantitative estimate of drug-likeness (QED) is 0.669. The summed E-state index contributed by atoms with van der Waals surface area (Å²) in [7, 11) is 0. The Morgan fingerprint density at radius 2 is 1.56 bits per heavy atom. The highest BCUT2D eigenvalue weighted by molar-refractivity contribution is 8.01. The second kappa shape index (κ2) is 7.95. The molecule has 8 heteroatoms. The van der Waals surface area contributed by atoms with Crippen LogP contribution in [0, 0.1) is 5.92 Å². The number of aliphatic carboxylic acids is 1. The molecule has 3 aliphatic rings. The first-order chi connectivity index (χ1) is 13.1. The molecule has 6 nitrogen and oxygen atoms in total. The molecular formula is C19H22N2O4S2. The third kappa shape index (κ3) is 3.68. The van der Waals surface area contributed by atoms with Gasteiger partial charge in [-0.15, -0.1) is 23.5 Å². The van der Waals surface area contributed by atoms with Crippen LogP contribution < -0.4 is 10.6 Å². The number of carboxylic acids is 1. The van der Waals surface area contributed by atoms with Gasteiger partial charge in [-0.2, -0.15) is 0 Å². The number of thioether (sulfide) groups is 2. The van der Waals surface area contributed by atoms with E-state index in [-0.39, 0.29) is 17.5 Å². The number of nitrogens with one attached hydrogen (secondary N) is 2. The van der Waals surface area contributed by atoms with E-state index in [1.807, 2.05) is 12.1 Å². The van der Waals surface area contributed by atoms with Crippen LogP contribution in [0.5, 0.6) is 0 Å². The normalized spacial score (nSPS) is 32.8. The molecule has 0 spiro atoms. The second-order valence-electron chi connectivity index (χ2n) is 7.18. The fourth-order valence-corrected chi connectivity index (χ4v) is 6.58. The lowest BCUT2D eigenvalue weighted by Gasteiger charge is -2.28. The van der Waals surface area contributed by atoms with Gasteiger partial charge in [0, 0.05) is 17.7 Å². The molecule has 1 aromatic carbocycles. The summed E-state index contributed by atoms with van der Waals surface area (Å²) in [4.78, 5) is 37.6. The highest BCUT2D eigenvalue weighted by Gasteiger charge is 2.47. The Labute approximate surface area is 166 Å². The van der Waals surface area contributed by atoms with E-state index < -0.39 is 28.6 Å². The summed E-state index contributed by atoms with van der Waals surface area (Å²) in [6.45, 7) is 0. The number of aryl methyl sites for hydroxylation is 1. The van der Waals surface area contributed by atoms with Crippen LogP contribution in [-0.2, 0) is 27.2 Å². The molecule has 0 bridgehead atoms. The van der Waals surface area contributed by atoms with Gasteiger partial charge in [0.05, 0.1) is 16.5 Å². The van der Waals surface area contributed by atoms with Gasteiger partial charge in [0.15, 0.2) is 11.6 Å². The fraction of sp³-hybridized carbons (Fsp3) is 0.526. The molecule has 1 aliphatic carbocycles. The van der Waals surface area contributed by atoms with Crippen molar-refractivity contribution in [2.75, 3.05) is 11.8 Å². The molecule has 3 unspecified atom stereocenters. The van der Waals surface area contributed by atoms with E-state index in [1.165, 1.54) is 34.7 Å². The van der Waals surface area contributed by atoms with Crippen molar-refractivity contribution < 1.29 is 19.5 Å². The van der Waals surface area contributed by atoms with Gasteiger partial charge in [-0.25, -0.2) is 0 Å².